The minimum atomic E-state index is -1.04. The van der Waals surface area contributed by atoms with E-state index in [-0.39, 0.29) is 49.3 Å². The average molecular weight is 924 g/mol. The van der Waals surface area contributed by atoms with E-state index >= 15 is 0 Å². The monoisotopic (exact) mass is 924 g/mol. The maximum Gasteiger partial charge on any atom is 0.308 e. The van der Waals surface area contributed by atoms with Crippen molar-refractivity contribution < 1.29 is 47.6 Å². The first kappa shape index (κ1) is 52.0. The number of nitrogens with zero attached hydrogens (tertiary/aromatic N) is 2. The van der Waals surface area contributed by atoms with Crippen molar-refractivity contribution >= 4 is 41.6 Å². The summed E-state index contributed by atoms with van der Waals surface area (Å²) in [5, 5.41) is 15.8. The van der Waals surface area contributed by atoms with Gasteiger partial charge >= 0.3 is 5.97 Å². The van der Waals surface area contributed by atoms with Crippen LogP contribution in [-0.4, -0.2) is 110 Å². The molecule has 15 heteroatoms. The molecule has 67 heavy (non-hydrogen) atoms. The molecule has 362 valence electrons. The molecule has 2 aliphatic rings. The van der Waals surface area contributed by atoms with Gasteiger partial charge in [0.05, 0.1) is 25.5 Å². The summed E-state index contributed by atoms with van der Waals surface area (Å²) in [6.07, 6.45) is 4.64. The van der Waals surface area contributed by atoms with Gasteiger partial charge in [-0.2, -0.15) is 0 Å². The number of oxime groups is 1. The highest BCUT2D eigenvalue weighted by molar-refractivity contribution is 5.98. The largest absolute Gasteiger partial charge is 0.426 e. The molecule has 4 atom stereocenters. The van der Waals surface area contributed by atoms with Crippen molar-refractivity contribution in [2.24, 2.45) is 22.4 Å². The third-order valence-corrected chi connectivity index (χ3v) is 12.4. The third-order valence-electron chi connectivity index (χ3n) is 12.4. The van der Waals surface area contributed by atoms with Crippen LogP contribution in [0, 0.1) is 17.3 Å². The fourth-order valence-electron chi connectivity index (χ4n) is 8.55. The van der Waals surface area contributed by atoms with Gasteiger partial charge in [0.2, 0.25) is 17.7 Å². The van der Waals surface area contributed by atoms with Crippen molar-refractivity contribution in [3.8, 4) is 5.75 Å². The Labute approximate surface area is 395 Å². The minimum absolute atomic E-state index is 0.00591. The van der Waals surface area contributed by atoms with Crippen LogP contribution in [0.3, 0.4) is 0 Å². The number of morpholine rings is 1. The molecule has 1 aliphatic heterocycles. The van der Waals surface area contributed by atoms with Gasteiger partial charge in [-0.05, 0) is 79.7 Å². The Hall–Kier alpha value is -5.93. The first-order valence-electron chi connectivity index (χ1n) is 23.6. The Bertz CT molecular complexity index is 2170. The quantitative estimate of drug-likeness (QED) is 0.0291. The number of amides is 4. The first-order chi connectivity index (χ1) is 32.0. The van der Waals surface area contributed by atoms with Crippen LogP contribution in [-0.2, 0) is 57.7 Å². The number of ether oxygens (including phenoxy) is 2. The van der Waals surface area contributed by atoms with Crippen LogP contribution in [0.1, 0.15) is 95.9 Å². The summed E-state index contributed by atoms with van der Waals surface area (Å²) >= 11 is 0. The van der Waals surface area contributed by atoms with Crippen molar-refractivity contribution in [1.29, 1.82) is 0 Å². The van der Waals surface area contributed by atoms with E-state index in [1.165, 1.54) is 20.2 Å². The van der Waals surface area contributed by atoms with Gasteiger partial charge in [-0.15, -0.1) is 0 Å². The number of carbonyl (C=O) groups excluding carboxylic acids is 6. The number of aryl methyl sites for hydroxylation is 1. The number of hydrogen-bond acceptors (Lipinski definition) is 10. The molecule has 4 N–H and O–H groups in total. The number of hydrogen-bond donors (Lipinski definition) is 4. The van der Waals surface area contributed by atoms with Crippen molar-refractivity contribution in [3.05, 3.63) is 101 Å². The summed E-state index contributed by atoms with van der Waals surface area (Å²) in [6.45, 7) is 13.5. The number of benzene rings is 3. The van der Waals surface area contributed by atoms with Crippen LogP contribution in [0.2, 0.25) is 0 Å². The number of ketones is 1. The molecular weight excluding hydrogens is 853 g/mol. The standard InChI is InChI=1S/C52H70N6O9/c1-35(2)28-43(48(61)52(6)22-23-52)55-51(64)45(31-39-16-12-9-13-17-39)57-50(63)44(29-36(3)4)56-49(62)42(20-18-38-14-10-8-11-15-38)54-47(60)34-58(24-26-66-27-25-58)33-40-19-21-46(67-37(5)59)41(30-40)32-53-65-7/h8-17,19,21,30,32,35-36,42-45H,18,20,22-29,31,33-34H2,1-7H3,(H3-,54,55,56,57,60,62,63,64)/p+1/b53-32+/t42-,43-,44-,45-/m0/s1. The highest BCUT2D eigenvalue weighted by Crippen LogP contribution is 2.47. The van der Waals surface area contributed by atoms with E-state index < -0.39 is 53.3 Å². The van der Waals surface area contributed by atoms with E-state index in [2.05, 4.69) is 26.4 Å². The molecule has 1 saturated carbocycles. The normalized spacial score (nSPS) is 16.9. The first-order valence-corrected chi connectivity index (χ1v) is 23.6. The maximum absolute atomic E-state index is 14.5. The Kier molecular flexibility index (Phi) is 19.2. The number of quaternary nitrogens is 1. The van der Waals surface area contributed by atoms with Gasteiger partial charge in [-0.1, -0.05) is 100 Å². The fourth-order valence-corrected chi connectivity index (χ4v) is 8.55. The van der Waals surface area contributed by atoms with Crippen LogP contribution < -0.4 is 26.0 Å². The smallest absolute Gasteiger partial charge is 0.308 e. The molecule has 0 spiro atoms. The van der Waals surface area contributed by atoms with Crippen LogP contribution in [0.5, 0.6) is 5.75 Å². The minimum Gasteiger partial charge on any atom is -0.426 e. The molecule has 0 bridgehead atoms. The summed E-state index contributed by atoms with van der Waals surface area (Å²) in [5.41, 5.74) is 2.73. The van der Waals surface area contributed by atoms with Gasteiger partial charge in [0.1, 0.15) is 50.6 Å². The zero-order chi connectivity index (χ0) is 48.6. The van der Waals surface area contributed by atoms with Crippen LogP contribution in [0.15, 0.2) is 84.0 Å². The molecule has 15 nitrogen and oxygen atoms in total. The molecule has 1 saturated heterocycles. The highest BCUT2D eigenvalue weighted by Gasteiger charge is 2.48. The Morgan fingerprint density at radius 3 is 1.90 bits per heavy atom. The van der Waals surface area contributed by atoms with Gasteiger partial charge in [-0.3, -0.25) is 28.8 Å². The summed E-state index contributed by atoms with van der Waals surface area (Å²) in [6, 6.07) is 20.6. The van der Waals surface area contributed by atoms with Gasteiger partial charge in [0.15, 0.2) is 12.3 Å². The zero-order valence-electron chi connectivity index (χ0n) is 40.3. The number of esters is 1. The van der Waals surface area contributed by atoms with Gasteiger partial charge in [0.25, 0.3) is 5.91 Å². The Morgan fingerprint density at radius 2 is 1.30 bits per heavy atom. The molecule has 5 rings (SSSR count). The third kappa shape index (κ3) is 16.4. The van der Waals surface area contributed by atoms with Crippen molar-refractivity contribution in [3.63, 3.8) is 0 Å². The number of nitrogens with one attached hydrogen (secondary N) is 4. The fraction of sp³-hybridized carbons (Fsp3) is 0.519. The van der Waals surface area contributed by atoms with E-state index in [0.717, 1.165) is 29.5 Å². The van der Waals surface area contributed by atoms with Crippen LogP contribution in [0.25, 0.3) is 0 Å². The van der Waals surface area contributed by atoms with Gasteiger partial charge < -0.3 is 40.1 Å². The molecule has 3 aromatic carbocycles. The lowest BCUT2D eigenvalue weighted by molar-refractivity contribution is -0.940. The Morgan fingerprint density at radius 1 is 0.731 bits per heavy atom. The molecule has 3 aromatic rings. The molecule has 0 radical (unpaired) electrons. The lowest BCUT2D eigenvalue weighted by Gasteiger charge is -2.41. The van der Waals surface area contributed by atoms with E-state index in [1.54, 1.807) is 6.07 Å². The van der Waals surface area contributed by atoms with Crippen molar-refractivity contribution in [2.45, 2.75) is 117 Å². The second kappa shape index (κ2) is 24.7. The number of Topliss-reactive ketones (excluding diaryl/α,β-unsaturated/α-hetero) is 1. The average Bonchev–Trinajstić information content (AvgIpc) is 4.05. The second-order valence-electron chi connectivity index (χ2n) is 19.3. The molecular formula is C52H71N6O9+. The summed E-state index contributed by atoms with van der Waals surface area (Å²) in [7, 11) is 1.42. The molecule has 4 amide bonds. The topological polar surface area (TPSA) is 191 Å². The SMILES string of the molecule is CO/N=C/c1cc(C[N+]2(CC(=O)N[C@@H](CCc3ccccc3)C(=O)N[C@@H](CC(C)C)C(=O)N[C@@H](Cc3ccccc3)C(=O)N[C@@H](CC(C)C)C(=O)C3(C)CC3)CCOCC2)ccc1OC(C)=O. The molecule has 2 fully saturated rings. The predicted molar refractivity (Wildman–Crippen MR) is 256 cm³/mol. The van der Waals surface area contributed by atoms with E-state index in [0.29, 0.717) is 61.5 Å². The van der Waals surface area contributed by atoms with Crippen molar-refractivity contribution in [2.75, 3.05) is 40.0 Å². The highest BCUT2D eigenvalue weighted by atomic mass is 16.6. The summed E-state index contributed by atoms with van der Waals surface area (Å²) in [5.74, 6) is -1.92. The van der Waals surface area contributed by atoms with E-state index in [1.807, 2.05) is 107 Å². The van der Waals surface area contributed by atoms with E-state index in [4.69, 9.17) is 14.3 Å². The lowest BCUT2D eigenvalue weighted by Crippen LogP contribution is -2.61. The van der Waals surface area contributed by atoms with E-state index in [9.17, 15) is 28.8 Å². The molecule has 0 aromatic heterocycles. The van der Waals surface area contributed by atoms with Gasteiger partial charge in [0, 0.05) is 29.9 Å². The molecule has 1 aliphatic carbocycles. The summed E-state index contributed by atoms with van der Waals surface area (Å²) < 4.78 is 11.5. The molecule has 0 unspecified atom stereocenters. The number of rotatable bonds is 25. The van der Waals surface area contributed by atoms with Crippen LogP contribution in [0.4, 0.5) is 0 Å². The second-order valence-corrected chi connectivity index (χ2v) is 19.3. The van der Waals surface area contributed by atoms with Gasteiger partial charge in [-0.25, -0.2) is 0 Å². The number of carbonyl (C=O) groups is 6. The molecule has 1 heterocycles. The maximum atomic E-state index is 14.5. The van der Waals surface area contributed by atoms with Crippen LogP contribution >= 0.6 is 0 Å². The Balaban J connectivity index is 1.37. The predicted octanol–water partition coefficient (Wildman–Crippen LogP) is 5.22. The van der Waals surface area contributed by atoms with Crippen molar-refractivity contribution in [1.82, 2.24) is 21.3 Å². The summed E-state index contributed by atoms with van der Waals surface area (Å²) in [4.78, 5) is 87.8. The lowest BCUT2D eigenvalue weighted by atomic mass is 9.91. The zero-order valence-corrected chi connectivity index (χ0v) is 40.3.